The van der Waals surface area contributed by atoms with E-state index >= 15 is 0 Å². The maximum atomic E-state index is 13.2. The number of ketones is 1. The Morgan fingerprint density at radius 3 is 2.69 bits per heavy atom. The number of anilines is 1. The van der Waals surface area contributed by atoms with Crippen LogP contribution in [0, 0.1) is 17.7 Å². The lowest BCUT2D eigenvalue weighted by Crippen LogP contribution is -2.54. The molecule has 3 atom stereocenters. The molecule has 5 rings (SSSR count). The lowest BCUT2D eigenvalue weighted by atomic mass is 9.70. The van der Waals surface area contributed by atoms with E-state index < -0.39 is 0 Å². The third-order valence-corrected chi connectivity index (χ3v) is 6.86. The molecule has 0 aromatic heterocycles. The van der Waals surface area contributed by atoms with Crippen molar-refractivity contribution in [2.45, 2.75) is 45.1 Å². The number of amides is 2. The van der Waals surface area contributed by atoms with Gasteiger partial charge in [-0.25, -0.2) is 9.18 Å². The Hall–Kier alpha value is -2.73. The standard InChI is InChI=1S/C26H32FN3O2/c1-18(31)21-4-2-5-24(16-21)29-26(32)28-12-3-13-30-17-20-8-11-25(30)22(15-20)14-19-6-9-23(27)10-7-19/h2,4-7,9-10,16,20,22,25H,3,8,11-15,17H2,1H3,(H2,28,29,32)/t20-,22-,25?/m0/s1. The van der Waals surface area contributed by atoms with E-state index in [1.807, 2.05) is 12.1 Å². The molecule has 2 amide bonds. The van der Waals surface area contributed by atoms with Gasteiger partial charge in [-0.15, -0.1) is 0 Å². The second-order valence-corrected chi connectivity index (χ2v) is 9.20. The number of halogens is 1. The van der Waals surface area contributed by atoms with Crippen molar-refractivity contribution in [2.75, 3.05) is 25.0 Å². The molecule has 2 aromatic carbocycles. The molecule has 2 aliphatic heterocycles. The highest BCUT2D eigenvalue weighted by Gasteiger charge is 2.40. The Morgan fingerprint density at radius 2 is 1.94 bits per heavy atom. The van der Waals surface area contributed by atoms with Gasteiger partial charge in [-0.1, -0.05) is 24.3 Å². The van der Waals surface area contributed by atoms with E-state index in [0.717, 1.165) is 31.8 Å². The summed E-state index contributed by atoms with van der Waals surface area (Å²) in [5, 5.41) is 5.72. The van der Waals surface area contributed by atoms with E-state index in [1.165, 1.54) is 31.7 Å². The average molecular weight is 438 g/mol. The van der Waals surface area contributed by atoms with Crippen LogP contribution in [0.1, 0.15) is 48.5 Å². The molecule has 2 N–H and O–H groups in total. The Morgan fingerprint density at radius 1 is 1.12 bits per heavy atom. The van der Waals surface area contributed by atoms with Gasteiger partial charge in [-0.05, 0) is 80.7 Å². The van der Waals surface area contributed by atoms with Gasteiger partial charge in [0.25, 0.3) is 0 Å². The summed E-state index contributed by atoms with van der Waals surface area (Å²) in [4.78, 5) is 26.3. The lowest BCUT2D eigenvalue weighted by Gasteiger charge is -2.50. The summed E-state index contributed by atoms with van der Waals surface area (Å²) < 4.78 is 13.2. The van der Waals surface area contributed by atoms with Gasteiger partial charge in [0, 0.05) is 36.9 Å². The van der Waals surface area contributed by atoms with Crippen molar-refractivity contribution in [3.8, 4) is 0 Å². The van der Waals surface area contributed by atoms with Gasteiger partial charge in [0.15, 0.2) is 5.78 Å². The van der Waals surface area contributed by atoms with Crippen LogP contribution in [0.15, 0.2) is 48.5 Å². The summed E-state index contributed by atoms with van der Waals surface area (Å²) in [5.41, 5.74) is 2.42. The monoisotopic (exact) mass is 437 g/mol. The number of nitrogens with one attached hydrogen (secondary N) is 2. The fraction of sp³-hybridized carbons (Fsp3) is 0.462. The van der Waals surface area contributed by atoms with Crippen LogP contribution in [0.3, 0.4) is 0 Å². The Labute approximate surface area is 189 Å². The molecule has 1 aliphatic carbocycles. The van der Waals surface area contributed by atoms with Crippen LogP contribution in [0.2, 0.25) is 0 Å². The third-order valence-electron chi connectivity index (χ3n) is 6.86. The summed E-state index contributed by atoms with van der Waals surface area (Å²) in [6.45, 7) is 4.24. The van der Waals surface area contributed by atoms with Crippen molar-refractivity contribution >= 4 is 17.5 Å². The first-order valence-electron chi connectivity index (χ1n) is 11.6. The molecule has 1 unspecified atom stereocenters. The maximum absolute atomic E-state index is 13.2. The predicted octanol–water partition coefficient (Wildman–Crippen LogP) is 4.88. The largest absolute Gasteiger partial charge is 0.338 e. The smallest absolute Gasteiger partial charge is 0.319 e. The highest BCUT2D eigenvalue weighted by atomic mass is 19.1. The highest BCUT2D eigenvalue weighted by Crippen LogP contribution is 2.40. The fourth-order valence-corrected chi connectivity index (χ4v) is 5.33. The van der Waals surface area contributed by atoms with Crippen LogP contribution in [-0.4, -0.2) is 42.4 Å². The zero-order chi connectivity index (χ0) is 22.5. The molecule has 3 fully saturated rings. The van der Waals surface area contributed by atoms with E-state index in [2.05, 4.69) is 15.5 Å². The Kier molecular flexibility index (Phi) is 7.20. The van der Waals surface area contributed by atoms with Crippen LogP contribution in [0.25, 0.3) is 0 Å². The van der Waals surface area contributed by atoms with Crippen LogP contribution in [0.5, 0.6) is 0 Å². The lowest BCUT2D eigenvalue weighted by molar-refractivity contribution is 0.000976. The Bertz CT molecular complexity index is 946. The summed E-state index contributed by atoms with van der Waals surface area (Å²) in [6, 6.07) is 14.2. The quantitative estimate of drug-likeness (QED) is 0.457. The molecule has 2 aromatic rings. The van der Waals surface area contributed by atoms with E-state index in [-0.39, 0.29) is 17.6 Å². The molecular weight excluding hydrogens is 405 g/mol. The van der Waals surface area contributed by atoms with Gasteiger partial charge < -0.3 is 10.6 Å². The van der Waals surface area contributed by atoms with E-state index in [9.17, 15) is 14.0 Å². The Balaban J connectivity index is 1.22. The van der Waals surface area contributed by atoms with E-state index in [0.29, 0.717) is 29.8 Å². The third kappa shape index (κ3) is 5.74. The molecule has 2 saturated heterocycles. The number of rotatable bonds is 8. The second kappa shape index (κ2) is 10.3. The summed E-state index contributed by atoms with van der Waals surface area (Å²) >= 11 is 0. The minimum atomic E-state index is -0.250. The minimum absolute atomic E-state index is 0.0254. The number of urea groups is 1. The van der Waals surface area contributed by atoms with Crippen LogP contribution < -0.4 is 10.6 Å². The molecule has 1 saturated carbocycles. The minimum Gasteiger partial charge on any atom is -0.338 e. The molecular formula is C26H32FN3O2. The number of hydrogen-bond donors (Lipinski definition) is 2. The first-order chi connectivity index (χ1) is 15.5. The molecule has 3 aliphatic rings. The average Bonchev–Trinajstić information content (AvgIpc) is 2.79. The SMILES string of the molecule is CC(=O)c1cccc(NC(=O)NCCCN2C[C@H]3CCC2[C@@H](Cc2ccc(F)cc2)C3)c1. The molecule has 0 spiro atoms. The number of piperidine rings is 2. The normalized spacial score (nSPS) is 22.5. The maximum Gasteiger partial charge on any atom is 0.319 e. The number of fused-ring (bicyclic) bond motifs is 3. The van der Waals surface area contributed by atoms with E-state index in [4.69, 9.17) is 0 Å². The number of hydrogen-bond acceptors (Lipinski definition) is 3. The van der Waals surface area contributed by atoms with Gasteiger partial charge in [-0.2, -0.15) is 0 Å². The van der Waals surface area contributed by atoms with Gasteiger partial charge >= 0.3 is 6.03 Å². The predicted molar refractivity (Wildman–Crippen MR) is 124 cm³/mol. The molecule has 0 radical (unpaired) electrons. The highest BCUT2D eigenvalue weighted by molar-refractivity contribution is 5.96. The van der Waals surface area contributed by atoms with Crippen molar-refractivity contribution in [3.05, 3.63) is 65.5 Å². The molecule has 32 heavy (non-hydrogen) atoms. The first kappa shape index (κ1) is 22.5. The number of Topliss-reactive ketones (excluding diaryl/α,β-unsaturated/α-hetero) is 1. The van der Waals surface area contributed by atoms with Gasteiger partial charge in [0.05, 0.1) is 0 Å². The zero-order valence-corrected chi connectivity index (χ0v) is 18.6. The summed E-state index contributed by atoms with van der Waals surface area (Å²) in [6.07, 6.45) is 5.71. The van der Waals surface area contributed by atoms with E-state index in [1.54, 1.807) is 36.4 Å². The number of benzene rings is 2. The zero-order valence-electron chi connectivity index (χ0n) is 18.6. The molecule has 2 heterocycles. The van der Waals surface area contributed by atoms with Crippen molar-refractivity contribution in [1.82, 2.24) is 10.2 Å². The van der Waals surface area contributed by atoms with Gasteiger partial charge in [0.2, 0.25) is 0 Å². The van der Waals surface area contributed by atoms with Crippen LogP contribution in [-0.2, 0) is 6.42 Å². The molecule has 5 nitrogen and oxygen atoms in total. The number of carbonyl (C=O) groups is 2. The van der Waals surface area contributed by atoms with Crippen LogP contribution in [0.4, 0.5) is 14.9 Å². The summed E-state index contributed by atoms with van der Waals surface area (Å²) in [5.74, 6) is 1.17. The van der Waals surface area contributed by atoms with Crippen molar-refractivity contribution < 1.29 is 14.0 Å². The van der Waals surface area contributed by atoms with Gasteiger partial charge in [0.1, 0.15) is 5.82 Å². The summed E-state index contributed by atoms with van der Waals surface area (Å²) in [7, 11) is 0. The molecule has 2 bridgehead atoms. The molecule has 170 valence electrons. The first-order valence-corrected chi connectivity index (χ1v) is 11.6. The van der Waals surface area contributed by atoms with Gasteiger partial charge in [-0.3, -0.25) is 9.69 Å². The topological polar surface area (TPSA) is 61.4 Å². The van der Waals surface area contributed by atoms with Crippen molar-refractivity contribution in [2.24, 2.45) is 11.8 Å². The molecule has 6 heteroatoms. The van der Waals surface area contributed by atoms with Crippen molar-refractivity contribution in [3.63, 3.8) is 0 Å². The number of nitrogens with zero attached hydrogens (tertiary/aromatic N) is 1. The van der Waals surface area contributed by atoms with Crippen LogP contribution >= 0.6 is 0 Å². The fourth-order valence-electron chi connectivity index (χ4n) is 5.33. The number of carbonyl (C=O) groups excluding carboxylic acids is 2. The second-order valence-electron chi connectivity index (χ2n) is 9.20. The van der Waals surface area contributed by atoms with Crippen molar-refractivity contribution in [1.29, 1.82) is 0 Å².